The van der Waals surface area contributed by atoms with Crippen LogP contribution in [0.4, 0.5) is 11.4 Å². The van der Waals surface area contributed by atoms with Crippen molar-refractivity contribution in [2.45, 2.75) is 13.1 Å². The Bertz CT molecular complexity index is 670. The average Bonchev–Trinajstić information content (AvgIpc) is 2.89. The summed E-state index contributed by atoms with van der Waals surface area (Å²) in [6.07, 6.45) is 1.71. The van der Waals surface area contributed by atoms with Gasteiger partial charge >= 0.3 is 0 Å². The molecular formula is C13H15ClN6O. The van der Waals surface area contributed by atoms with Crippen molar-refractivity contribution in [1.29, 1.82) is 0 Å². The highest BCUT2D eigenvalue weighted by Crippen LogP contribution is 2.24. The zero-order chi connectivity index (χ0) is 14.8. The van der Waals surface area contributed by atoms with Crippen LogP contribution in [0.1, 0.15) is 5.82 Å². The van der Waals surface area contributed by atoms with Crippen molar-refractivity contribution in [2.24, 2.45) is 0 Å². The van der Waals surface area contributed by atoms with Crippen molar-refractivity contribution >= 4 is 28.9 Å². The van der Waals surface area contributed by atoms with E-state index in [9.17, 15) is 4.79 Å². The minimum atomic E-state index is -0.116. The molecule has 0 spiro atoms. The van der Waals surface area contributed by atoms with Crippen LogP contribution in [0.25, 0.3) is 0 Å². The molecule has 1 amide bonds. The monoisotopic (exact) mass is 306 g/mol. The molecule has 8 heteroatoms. The fourth-order valence-corrected chi connectivity index (χ4v) is 2.51. The predicted octanol–water partition coefficient (Wildman–Crippen LogP) is 0.968. The minimum Gasteiger partial charge on any atom is -0.399 e. The lowest BCUT2D eigenvalue weighted by Gasteiger charge is -2.26. The summed E-state index contributed by atoms with van der Waals surface area (Å²) >= 11 is 6.04. The van der Waals surface area contributed by atoms with Gasteiger partial charge in [0.2, 0.25) is 5.91 Å². The molecule has 21 heavy (non-hydrogen) atoms. The highest BCUT2D eigenvalue weighted by atomic mass is 35.5. The van der Waals surface area contributed by atoms with Crippen LogP contribution >= 0.6 is 11.6 Å². The Kier molecular flexibility index (Phi) is 3.76. The number of amides is 1. The van der Waals surface area contributed by atoms with Crippen molar-refractivity contribution in [3.63, 3.8) is 0 Å². The van der Waals surface area contributed by atoms with E-state index in [-0.39, 0.29) is 12.5 Å². The van der Waals surface area contributed by atoms with Crippen LogP contribution < -0.4 is 11.1 Å². The van der Waals surface area contributed by atoms with Crippen molar-refractivity contribution in [1.82, 2.24) is 19.7 Å². The average molecular weight is 307 g/mol. The van der Waals surface area contributed by atoms with Crippen molar-refractivity contribution < 1.29 is 4.79 Å². The normalized spacial score (nSPS) is 14.7. The van der Waals surface area contributed by atoms with E-state index in [1.165, 1.54) is 0 Å². The first-order valence-electron chi connectivity index (χ1n) is 6.56. The third kappa shape index (κ3) is 3.14. The van der Waals surface area contributed by atoms with E-state index in [2.05, 4.69) is 15.5 Å². The maximum atomic E-state index is 12.1. The summed E-state index contributed by atoms with van der Waals surface area (Å²) in [4.78, 5) is 14.1. The SMILES string of the molecule is Nc1ccc(NC(=O)CN2CCn3cnnc3C2)c(Cl)c1. The number of fused-ring (bicyclic) bond motifs is 1. The number of nitrogens with two attached hydrogens (primary N) is 1. The molecule has 2 heterocycles. The van der Waals surface area contributed by atoms with Gasteiger partial charge in [0.05, 0.1) is 23.8 Å². The largest absolute Gasteiger partial charge is 0.399 e. The molecule has 2 aromatic rings. The molecule has 1 aliphatic heterocycles. The van der Waals surface area contributed by atoms with Crippen molar-refractivity contribution in [2.75, 3.05) is 24.1 Å². The van der Waals surface area contributed by atoms with Crippen LogP contribution in [0.15, 0.2) is 24.5 Å². The number of nitrogen functional groups attached to an aromatic ring is 1. The van der Waals surface area contributed by atoms with Crippen molar-refractivity contribution in [3.8, 4) is 0 Å². The first-order chi connectivity index (χ1) is 10.1. The van der Waals surface area contributed by atoms with E-state index >= 15 is 0 Å². The zero-order valence-electron chi connectivity index (χ0n) is 11.3. The third-order valence-electron chi connectivity index (χ3n) is 3.35. The molecule has 1 aromatic heterocycles. The van der Waals surface area contributed by atoms with Gasteiger partial charge in [-0.2, -0.15) is 0 Å². The highest BCUT2D eigenvalue weighted by molar-refractivity contribution is 6.34. The van der Waals surface area contributed by atoms with Crippen molar-refractivity contribution in [3.05, 3.63) is 35.4 Å². The Morgan fingerprint density at radius 2 is 2.29 bits per heavy atom. The van der Waals surface area contributed by atoms with Crippen LogP contribution in [0.5, 0.6) is 0 Å². The van der Waals surface area contributed by atoms with Crippen LogP contribution in [0.2, 0.25) is 5.02 Å². The summed E-state index contributed by atoms with van der Waals surface area (Å²) in [7, 11) is 0. The number of anilines is 2. The summed E-state index contributed by atoms with van der Waals surface area (Å²) in [6.45, 7) is 2.47. The maximum absolute atomic E-state index is 12.1. The topological polar surface area (TPSA) is 89.1 Å². The Labute approximate surface area is 126 Å². The van der Waals surface area contributed by atoms with Gasteiger partial charge in [-0.05, 0) is 18.2 Å². The van der Waals surface area contributed by atoms with Crippen LogP contribution in [0, 0.1) is 0 Å². The van der Waals surface area contributed by atoms with Gasteiger partial charge in [-0.1, -0.05) is 11.6 Å². The standard InChI is InChI=1S/C13H15ClN6O/c14-10-5-9(15)1-2-11(10)17-13(21)7-19-3-4-20-8-16-18-12(20)6-19/h1-2,5,8H,3-4,6-7,15H2,(H,17,21). The number of carbonyl (C=O) groups is 1. The molecule has 1 aromatic carbocycles. The molecular weight excluding hydrogens is 292 g/mol. The van der Waals surface area contributed by atoms with Gasteiger partial charge in [0.25, 0.3) is 0 Å². The Morgan fingerprint density at radius 1 is 1.43 bits per heavy atom. The molecule has 0 unspecified atom stereocenters. The lowest BCUT2D eigenvalue weighted by Crippen LogP contribution is -2.39. The molecule has 3 rings (SSSR count). The summed E-state index contributed by atoms with van der Waals surface area (Å²) in [5, 5.41) is 11.1. The maximum Gasteiger partial charge on any atom is 0.238 e. The number of halogens is 1. The number of hydrogen-bond donors (Lipinski definition) is 2. The van der Waals surface area contributed by atoms with Crippen LogP contribution in [0.3, 0.4) is 0 Å². The van der Waals surface area contributed by atoms with E-state index in [0.29, 0.717) is 22.9 Å². The highest BCUT2D eigenvalue weighted by Gasteiger charge is 2.19. The molecule has 1 aliphatic rings. The molecule has 110 valence electrons. The molecule has 0 fully saturated rings. The molecule has 3 N–H and O–H groups in total. The Morgan fingerprint density at radius 3 is 3.10 bits per heavy atom. The summed E-state index contributed by atoms with van der Waals surface area (Å²) in [5.74, 6) is 0.759. The molecule has 0 atom stereocenters. The summed E-state index contributed by atoms with van der Waals surface area (Å²) < 4.78 is 1.99. The van der Waals surface area contributed by atoms with E-state index in [1.54, 1.807) is 24.5 Å². The van der Waals surface area contributed by atoms with Gasteiger partial charge in [0, 0.05) is 18.8 Å². The number of nitrogens with one attached hydrogen (secondary N) is 1. The zero-order valence-corrected chi connectivity index (χ0v) is 12.0. The van der Waals surface area contributed by atoms with Gasteiger partial charge in [-0.25, -0.2) is 0 Å². The second-order valence-electron chi connectivity index (χ2n) is 4.94. The minimum absolute atomic E-state index is 0.116. The number of aromatic nitrogens is 3. The van der Waals surface area contributed by atoms with Gasteiger partial charge in [-0.15, -0.1) is 10.2 Å². The van der Waals surface area contributed by atoms with E-state index in [1.807, 2.05) is 9.47 Å². The summed E-state index contributed by atoms with van der Waals surface area (Å²) in [6, 6.07) is 5.01. The molecule has 0 saturated carbocycles. The number of hydrogen-bond acceptors (Lipinski definition) is 5. The second-order valence-corrected chi connectivity index (χ2v) is 5.35. The quantitative estimate of drug-likeness (QED) is 0.825. The lowest BCUT2D eigenvalue weighted by molar-refractivity contribution is -0.117. The first-order valence-corrected chi connectivity index (χ1v) is 6.93. The first kappa shape index (κ1) is 13.8. The number of rotatable bonds is 3. The van der Waals surface area contributed by atoms with E-state index in [4.69, 9.17) is 17.3 Å². The van der Waals surface area contributed by atoms with Crippen LogP contribution in [-0.2, 0) is 17.9 Å². The fourth-order valence-electron chi connectivity index (χ4n) is 2.28. The van der Waals surface area contributed by atoms with Gasteiger partial charge in [0.15, 0.2) is 0 Å². The molecule has 0 radical (unpaired) electrons. The Balaban J connectivity index is 1.60. The predicted molar refractivity (Wildman–Crippen MR) is 79.8 cm³/mol. The molecule has 0 saturated heterocycles. The van der Waals surface area contributed by atoms with Gasteiger partial charge in [0.1, 0.15) is 12.2 Å². The third-order valence-corrected chi connectivity index (χ3v) is 3.67. The summed E-state index contributed by atoms with van der Waals surface area (Å²) in [5.41, 5.74) is 6.75. The lowest BCUT2D eigenvalue weighted by atomic mass is 10.2. The molecule has 0 bridgehead atoms. The van der Waals surface area contributed by atoms with Gasteiger partial charge in [-0.3, -0.25) is 9.69 Å². The van der Waals surface area contributed by atoms with Crippen LogP contribution in [-0.4, -0.2) is 38.7 Å². The molecule has 0 aliphatic carbocycles. The molecule has 7 nitrogen and oxygen atoms in total. The Hall–Kier alpha value is -2.12. The number of carbonyl (C=O) groups excluding carboxylic acids is 1. The number of nitrogens with zero attached hydrogens (tertiary/aromatic N) is 4. The smallest absolute Gasteiger partial charge is 0.238 e. The van der Waals surface area contributed by atoms with Gasteiger partial charge < -0.3 is 15.6 Å². The van der Waals surface area contributed by atoms with E-state index < -0.39 is 0 Å². The number of benzene rings is 1. The fraction of sp³-hybridized carbons (Fsp3) is 0.308. The van der Waals surface area contributed by atoms with E-state index in [0.717, 1.165) is 18.9 Å². The second kappa shape index (κ2) is 5.71.